The van der Waals surface area contributed by atoms with Crippen molar-refractivity contribution >= 4 is 34.1 Å². The fourth-order valence-electron chi connectivity index (χ4n) is 3.10. The van der Waals surface area contributed by atoms with Gasteiger partial charge in [-0.25, -0.2) is 4.98 Å². The lowest BCUT2D eigenvalue weighted by molar-refractivity contribution is -0.284. The first kappa shape index (κ1) is 27.1. The number of aromatic nitrogens is 1. The van der Waals surface area contributed by atoms with Crippen LogP contribution < -0.4 is 15.4 Å². The fraction of sp³-hybridized carbons (Fsp3) is 0.280. The summed E-state index contributed by atoms with van der Waals surface area (Å²) in [5.74, 6) is -4.27. The van der Waals surface area contributed by atoms with Crippen LogP contribution in [-0.2, 0) is 4.79 Å². The summed E-state index contributed by atoms with van der Waals surface area (Å²) in [6.45, 7) is 0.262. The number of hydrogen-bond donors (Lipinski definition) is 2. The third-order valence-corrected chi connectivity index (χ3v) is 5.88. The second-order valence-corrected chi connectivity index (χ2v) is 8.66. The second-order valence-electron chi connectivity index (χ2n) is 7.80. The average Bonchev–Trinajstić information content (AvgIpc) is 3.31. The minimum absolute atomic E-state index is 0.171. The molecule has 1 aromatic heterocycles. The number of amides is 1. The van der Waals surface area contributed by atoms with Crippen molar-refractivity contribution in [2.24, 2.45) is 0 Å². The van der Waals surface area contributed by atoms with E-state index in [9.17, 15) is 26.7 Å². The first-order valence-electron chi connectivity index (χ1n) is 10.9. The second kappa shape index (κ2) is 12.0. The van der Waals surface area contributed by atoms with Gasteiger partial charge in [-0.1, -0.05) is 12.1 Å². The zero-order chi connectivity index (χ0) is 26.2. The van der Waals surface area contributed by atoms with E-state index >= 15 is 0 Å². The number of rotatable bonds is 11. The number of nitrogens with one attached hydrogen (secondary N) is 2. The SMILES string of the molecule is COc1ccc(-c2csc(NC(=O)/C=C/c3ccc(NCCCCC(F)(F)C(F)(F)F)cc3)n2)cc1. The number of benzene rings is 2. The highest BCUT2D eigenvalue weighted by Gasteiger charge is 2.56. The summed E-state index contributed by atoms with van der Waals surface area (Å²) >= 11 is 1.31. The number of thiazole rings is 1. The predicted molar refractivity (Wildman–Crippen MR) is 132 cm³/mol. The monoisotopic (exact) mass is 525 g/mol. The summed E-state index contributed by atoms with van der Waals surface area (Å²) in [6, 6.07) is 14.4. The smallest absolute Gasteiger partial charge is 0.453 e. The molecule has 0 aliphatic heterocycles. The molecule has 36 heavy (non-hydrogen) atoms. The number of nitrogens with zero attached hydrogens (tertiary/aromatic N) is 1. The van der Waals surface area contributed by atoms with E-state index in [4.69, 9.17) is 4.74 Å². The molecule has 0 bridgehead atoms. The summed E-state index contributed by atoms with van der Waals surface area (Å²) < 4.78 is 67.4. The molecule has 5 nitrogen and oxygen atoms in total. The highest BCUT2D eigenvalue weighted by atomic mass is 32.1. The van der Waals surface area contributed by atoms with Gasteiger partial charge in [-0.15, -0.1) is 11.3 Å². The van der Waals surface area contributed by atoms with Crippen LogP contribution in [0.25, 0.3) is 17.3 Å². The molecule has 0 unspecified atom stereocenters. The fourth-order valence-corrected chi connectivity index (χ4v) is 3.83. The first-order chi connectivity index (χ1) is 17.1. The third-order valence-electron chi connectivity index (χ3n) is 5.12. The van der Waals surface area contributed by atoms with Crippen LogP contribution in [0.3, 0.4) is 0 Å². The van der Waals surface area contributed by atoms with Crippen molar-refractivity contribution in [2.75, 3.05) is 24.3 Å². The molecule has 1 amide bonds. The van der Waals surface area contributed by atoms with E-state index in [1.165, 1.54) is 17.4 Å². The van der Waals surface area contributed by atoms with E-state index in [0.717, 1.165) is 22.6 Å². The summed E-state index contributed by atoms with van der Waals surface area (Å²) in [7, 11) is 1.59. The number of carbonyl (C=O) groups excluding carboxylic acids is 1. The maximum Gasteiger partial charge on any atom is 0.453 e. The lowest BCUT2D eigenvalue weighted by atomic mass is 10.1. The Morgan fingerprint density at radius 1 is 1.03 bits per heavy atom. The highest BCUT2D eigenvalue weighted by Crippen LogP contribution is 2.39. The van der Waals surface area contributed by atoms with Crippen LogP contribution in [0.5, 0.6) is 5.75 Å². The Hall–Kier alpha value is -3.47. The van der Waals surface area contributed by atoms with Crippen molar-refractivity contribution in [3.05, 3.63) is 65.6 Å². The predicted octanol–water partition coefficient (Wildman–Crippen LogP) is 7.25. The number of anilines is 2. The van der Waals surface area contributed by atoms with E-state index in [-0.39, 0.29) is 25.3 Å². The molecule has 3 rings (SSSR count). The molecule has 3 aromatic rings. The maximum absolute atomic E-state index is 12.9. The molecule has 0 saturated carbocycles. The summed E-state index contributed by atoms with van der Waals surface area (Å²) in [6.07, 6.45) is -3.83. The van der Waals surface area contributed by atoms with Gasteiger partial charge in [0.15, 0.2) is 5.13 Å². The zero-order valence-corrected chi connectivity index (χ0v) is 20.1. The molecule has 0 spiro atoms. The number of hydrogen-bond acceptors (Lipinski definition) is 5. The number of halogens is 5. The molecule has 192 valence electrons. The van der Waals surface area contributed by atoms with Crippen molar-refractivity contribution in [1.82, 2.24) is 4.98 Å². The summed E-state index contributed by atoms with van der Waals surface area (Å²) in [5.41, 5.74) is 3.07. The first-order valence-corrected chi connectivity index (χ1v) is 11.8. The van der Waals surface area contributed by atoms with Crippen LogP contribution in [0.4, 0.5) is 32.8 Å². The van der Waals surface area contributed by atoms with Gasteiger partial charge >= 0.3 is 12.1 Å². The van der Waals surface area contributed by atoms with Gasteiger partial charge in [-0.05, 0) is 60.9 Å². The lowest BCUT2D eigenvalue weighted by Crippen LogP contribution is -2.36. The van der Waals surface area contributed by atoms with Crippen LogP contribution in [0.1, 0.15) is 24.8 Å². The minimum Gasteiger partial charge on any atom is -0.497 e. The molecule has 0 saturated heterocycles. The van der Waals surface area contributed by atoms with Crippen molar-refractivity contribution in [1.29, 1.82) is 0 Å². The topological polar surface area (TPSA) is 63.2 Å². The molecular formula is C25H24F5N3O2S. The normalized spacial score (nSPS) is 12.1. The van der Waals surface area contributed by atoms with Crippen molar-refractivity contribution in [3.8, 4) is 17.0 Å². The standard InChI is InChI=1S/C25H24F5N3O2S/c1-35-20-11-7-18(8-12-20)21-16-36-23(32-21)33-22(34)13-6-17-4-9-19(10-5-17)31-15-3-2-14-24(26,27)25(28,29)30/h4-13,16,31H,2-3,14-15H2,1H3,(H,32,33,34)/b13-6+. The molecular weight excluding hydrogens is 501 g/mol. The van der Waals surface area contributed by atoms with E-state index in [0.29, 0.717) is 10.8 Å². The van der Waals surface area contributed by atoms with Crippen LogP contribution >= 0.6 is 11.3 Å². The molecule has 2 aromatic carbocycles. The number of alkyl halides is 5. The molecule has 2 N–H and O–H groups in total. The molecule has 1 heterocycles. The van der Waals surface area contributed by atoms with Crippen molar-refractivity contribution in [3.63, 3.8) is 0 Å². The van der Waals surface area contributed by atoms with Crippen LogP contribution in [0.2, 0.25) is 0 Å². The van der Waals surface area contributed by atoms with E-state index in [2.05, 4.69) is 15.6 Å². The van der Waals surface area contributed by atoms with Crippen LogP contribution in [0.15, 0.2) is 60.0 Å². The Balaban J connectivity index is 1.42. The summed E-state index contributed by atoms with van der Waals surface area (Å²) in [5, 5.41) is 7.99. The molecule has 11 heteroatoms. The quantitative estimate of drug-likeness (QED) is 0.157. The molecule has 0 aliphatic carbocycles. The van der Waals surface area contributed by atoms with Gasteiger partial charge in [0, 0.05) is 35.7 Å². The Kier molecular flexibility index (Phi) is 9.03. The Bertz CT molecular complexity index is 1160. The average molecular weight is 526 g/mol. The Labute approximate surface area is 209 Å². The zero-order valence-electron chi connectivity index (χ0n) is 19.2. The lowest BCUT2D eigenvalue weighted by Gasteiger charge is -2.19. The summed E-state index contributed by atoms with van der Waals surface area (Å²) in [4.78, 5) is 16.6. The van der Waals surface area contributed by atoms with E-state index in [1.807, 2.05) is 29.6 Å². The van der Waals surface area contributed by atoms with Crippen LogP contribution in [0, 0.1) is 0 Å². The maximum atomic E-state index is 12.9. The molecule has 0 atom stereocenters. The number of ether oxygens (including phenoxy) is 1. The van der Waals surface area contributed by atoms with Gasteiger partial charge in [-0.3, -0.25) is 10.1 Å². The highest BCUT2D eigenvalue weighted by molar-refractivity contribution is 7.14. The number of unbranched alkanes of at least 4 members (excludes halogenated alkanes) is 1. The minimum atomic E-state index is -5.51. The number of methoxy groups -OCH3 is 1. The van der Waals surface area contributed by atoms with Gasteiger partial charge in [0.1, 0.15) is 5.75 Å². The van der Waals surface area contributed by atoms with Gasteiger partial charge in [0.2, 0.25) is 5.91 Å². The third kappa shape index (κ3) is 7.77. The molecule has 0 aliphatic rings. The Morgan fingerprint density at radius 2 is 1.72 bits per heavy atom. The number of carbonyl (C=O) groups is 1. The van der Waals surface area contributed by atoms with Gasteiger partial charge in [-0.2, -0.15) is 22.0 Å². The molecule has 0 fully saturated rings. The van der Waals surface area contributed by atoms with Gasteiger partial charge in [0.05, 0.1) is 12.8 Å². The van der Waals surface area contributed by atoms with E-state index in [1.54, 1.807) is 37.5 Å². The van der Waals surface area contributed by atoms with Crippen LogP contribution in [-0.4, -0.2) is 36.6 Å². The largest absolute Gasteiger partial charge is 0.497 e. The van der Waals surface area contributed by atoms with Crippen molar-refractivity contribution < 1.29 is 31.5 Å². The van der Waals surface area contributed by atoms with E-state index < -0.39 is 18.5 Å². The van der Waals surface area contributed by atoms with Gasteiger partial charge < -0.3 is 10.1 Å². The Morgan fingerprint density at radius 3 is 2.36 bits per heavy atom. The molecule has 0 radical (unpaired) electrons. The van der Waals surface area contributed by atoms with Gasteiger partial charge in [0.25, 0.3) is 0 Å². The van der Waals surface area contributed by atoms with Crippen molar-refractivity contribution in [2.45, 2.75) is 31.4 Å².